The quantitative estimate of drug-likeness (QED) is 0.301. The minimum absolute atomic E-state index is 0. The molecule has 1 unspecified atom stereocenters. The summed E-state index contributed by atoms with van der Waals surface area (Å²) in [5.41, 5.74) is -0.322. The van der Waals surface area contributed by atoms with Gasteiger partial charge in [0.1, 0.15) is 0 Å². The molecule has 0 saturated carbocycles. The average molecular weight is 481 g/mol. The molecule has 0 amide bonds. The number of nitrogens with zero attached hydrogens (tertiary/aromatic N) is 1. The molecule has 0 bridgehead atoms. The Morgan fingerprint density at radius 2 is 1.96 bits per heavy atom. The summed E-state index contributed by atoms with van der Waals surface area (Å²) >= 11 is 0. The Morgan fingerprint density at radius 1 is 1.27 bits per heavy atom. The lowest BCUT2D eigenvalue weighted by atomic mass is 10.0. The zero-order valence-electron chi connectivity index (χ0n) is 14.7. The molecule has 8 heteroatoms. The normalized spacial score (nSPS) is 20.0. The Morgan fingerprint density at radius 3 is 2.50 bits per heavy atom. The molecule has 0 spiro atoms. The second-order valence-electron chi connectivity index (χ2n) is 6.06. The van der Waals surface area contributed by atoms with Crippen LogP contribution in [-0.4, -0.2) is 38.3 Å². The van der Waals surface area contributed by atoms with Crippen molar-refractivity contribution in [2.75, 3.05) is 26.7 Å². The van der Waals surface area contributed by atoms with E-state index >= 15 is 0 Å². The molecule has 0 aliphatic carbocycles. The van der Waals surface area contributed by atoms with E-state index in [4.69, 9.17) is 4.74 Å². The van der Waals surface area contributed by atoms with Crippen LogP contribution in [0, 0.1) is 11.8 Å². The van der Waals surface area contributed by atoms with Crippen molar-refractivity contribution in [3.05, 3.63) is 35.4 Å². The van der Waals surface area contributed by atoms with Crippen LogP contribution in [0.2, 0.25) is 0 Å². The molecule has 1 fully saturated rings. The molecule has 1 saturated heterocycles. The molecule has 26 heavy (non-hydrogen) atoms. The summed E-state index contributed by atoms with van der Waals surface area (Å²) in [5, 5.41) is 6.24. The number of ether oxygens (including phenoxy) is 1. The van der Waals surface area contributed by atoms with Gasteiger partial charge < -0.3 is 15.4 Å². The van der Waals surface area contributed by atoms with E-state index in [1.54, 1.807) is 7.05 Å². The second-order valence-corrected chi connectivity index (χ2v) is 6.06. The van der Waals surface area contributed by atoms with Gasteiger partial charge in [-0.3, -0.25) is 4.99 Å². The Labute approximate surface area is 169 Å². The lowest BCUT2D eigenvalue weighted by Gasteiger charge is -2.24. The first-order chi connectivity index (χ1) is 11.8. The fraction of sp³-hybridized carbons (Fsp3) is 0.500. The van der Waals surface area contributed by atoms with Gasteiger partial charge in [-0.1, -0.05) is 11.8 Å². The molecule has 1 atom stereocenters. The third-order valence-corrected chi connectivity index (χ3v) is 3.94. The van der Waals surface area contributed by atoms with E-state index in [0.29, 0.717) is 24.6 Å². The first-order valence-corrected chi connectivity index (χ1v) is 8.07. The van der Waals surface area contributed by atoms with Crippen LogP contribution in [0.3, 0.4) is 0 Å². The number of hydrogen-bond donors (Lipinski definition) is 2. The molecule has 144 valence electrons. The highest BCUT2D eigenvalue weighted by atomic mass is 127. The van der Waals surface area contributed by atoms with Crippen molar-refractivity contribution >= 4 is 29.9 Å². The molecule has 1 aliphatic heterocycles. The number of rotatable bonds is 3. The summed E-state index contributed by atoms with van der Waals surface area (Å²) < 4.78 is 43.2. The smallest absolute Gasteiger partial charge is 0.373 e. The Hall–Kier alpha value is -1.47. The highest BCUT2D eigenvalue weighted by molar-refractivity contribution is 14.0. The maximum atomic E-state index is 12.5. The van der Waals surface area contributed by atoms with E-state index in [1.807, 2.05) is 0 Å². The van der Waals surface area contributed by atoms with Gasteiger partial charge in [0.15, 0.2) is 5.96 Å². The fourth-order valence-electron chi connectivity index (χ4n) is 2.48. The molecule has 2 rings (SSSR count). The van der Waals surface area contributed by atoms with Gasteiger partial charge in [-0.2, -0.15) is 13.2 Å². The number of hydrogen-bond acceptors (Lipinski definition) is 2. The lowest BCUT2D eigenvalue weighted by molar-refractivity contribution is -0.137. The summed E-state index contributed by atoms with van der Waals surface area (Å²) in [7, 11) is 1.66. The summed E-state index contributed by atoms with van der Waals surface area (Å²) in [6, 6.07) is 4.78. The van der Waals surface area contributed by atoms with Crippen LogP contribution in [0.4, 0.5) is 13.2 Å². The summed E-state index contributed by atoms with van der Waals surface area (Å²) in [6.07, 6.45) is -2.26. The highest BCUT2D eigenvalue weighted by Gasteiger charge is 2.30. The van der Waals surface area contributed by atoms with Crippen LogP contribution in [0.5, 0.6) is 0 Å². The van der Waals surface area contributed by atoms with E-state index < -0.39 is 11.7 Å². The molecule has 1 heterocycles. The van der Waals surface area contributed by atoms with Gasteiger partial charge >= 0.3 is 6.18 Å². The molecular formula is C18H23F3IN3O. The van der Waals surface area contributed by atoms with Crippen LogP contribution in [0.1, 0.15) is 30.9 Å². The van der Waals surface area contributed by atoms with Crippen molar-refractivity contribution < 1.29 is 17.9 Å². The monoisotopic (exact) mass is 481 g/mol. The SMILES string of the molecule is CN=C(NCC#Cc1ccc(C(F)(F)F)cc1)NCC1(C)CCCO1.I. The zero-order chi connectivity index (χ0) is 18.3. The maximum absolute atomic E-state index is 12.5. The van der Waals surface area contributed by atoms with Crippen molar-refractivity contribution in [3.8, 4) is 11.8 Å². The highest BCUT2D eigenvalue weighted by Crippen LogP contribution is 2.28. The van der Waals surface area contributed by atoms with Gasteiger partial charge in [-0.05, 0) is 44.0 Å². The summed E-state index contributed by atoms with van der Waals surface area (Å²) in [5.74, 6) is 6.30. The van der Waals surface area contributed by atoms with Gasteiger partial charge in [0.25, 0.3) is 0 Å². The van der Waals surface area contributed by atoms with Crippen molar-refractivity contribution in [1.29, 1.82) is 0 Å². The average Bonchev–Trinajstić information content (AvgIpc) is 3.01. The van der Waals surface area contributed by atoms with Crippen molar-refractivity contribution in [3.63, 3.8) is 0 Å². The Kier molecular flexibility index (Phi) is 8.70. The Bertz CT molecular complexity index is 657. The van der Waals surface area contributed by atoms with E-state index in [0.717, 1.165) is 31.6 Å². The number of benzene rings is 1. The summed E-state index contributed by atoms with van der Waals surface area (Å²) in [6.45, 7) is 3.82. The van der Waals surface area contributed by atoms with Crippen molar-refractivity contribution in [2.24, 2.45) is 4.99 Å². The van der Waals surface area contributed by atoms with E-state index in [-0.39, 0.29) is 29.6 Å². The number of guanidine groups is 1. The van der Waals surface area contributed by atoms with Gasteiger partial charge in [-0.25, -0.2) is 0 Å². The summed E-state index contributed by atoms with van der Waals surface area (Å²) in [4.78, 5) is 4.11. The zero-order valence-corrected chi connectivity index (χ0v) is 17.1. The minimum atomic E-state index is -4.33. The molecule has 2 N–H and O–H groups in total. The molecule has 1 aromatic carbocycles. The Balaban J connectivity index is 0.00000338. The topological polar surface area (TPSA) is 45.7 Å². The maximum Gasteiger partial charge on any atom is 0.416 e. The van der Waals surface area contributed by atoms with Gasteiger partial charge in [0, 0.05) is 25.8 Å². The molecule has 1 aliphatic rings. The van der Waals surface area contributed by atoms with E-state index in [1.165, 1.54) is 12.1 Å². The van der Waals surface area contributed by atoms with Gasteiger partial charge in [0.2, 0.25) is 0 Å². The minimum Gasteiger partial charge on any atom is -0.373 e. The third-order valence-electron chi connectivity index (χ3n) is 3.94. The van der Waals surface area contributed by atoms with Crippen LogP contribution in [-0.2, 0) is 10.9 Å². The molecular weight excluding hydrogens is 458 g/mol. The molecule has 1 aromatic rings. The number of nitrogens with one attached hydrogen (secondary N) is 2. The van der Waals surface area contributed by atoms with Crippen molar-refractivity contribution in [1.82, 2.24) is 10.6 Å². The standard InChI is InChI=1S/C18H22F3N3O.HI/c1-17(10-4-12-25-17)13-24-16(22-2)23-11-3-5-14-6-8-15(9-7-14)18(19,20)21;/h6-9H,4,10-13H2,1-2H3,(H2,22,23,24);1H. The third kappa shape index (κ3) is 7.03. The number of halogens is 4. The number of alkyl halides is 3. The van der Waals surface area contributed by atoms with E-state index in [2.05, 4.69) is 34.4 Å². The predicted octanol–water partition coefficient (Wildman–Crippen LogP) is 3.41. The fourth-order valence-corrected chi connectivity index (χ4v) is 2.48. The molecule has 0 radical (unpaired) electrons. The second kappa shape index (κ2) is 10.0. The predicted molar refractivity (Wildman–Crippen MR) is 107 cm³/mol. The molecule has 0 aromatic heterocycles. The number of aliphatic imine (C=N–C) groups is 1. The molecule has 4 nitrogen and oxygen atoms in total. The van der Waals surface area contributed by atoms with Crippen LogP contribution < -0.4 is 10.6 Å². The first kappa shape index (κ1) is 22.6. The van der Waals surface area contributed by atoms with Crippen LogP contribution >= 0.6 is 24.0 Å². The van der Waals surface area contributed by atoms with Crippen molar-refractivity contribution in [2.45, 2.75) is 31.5 Å². The van der Waals surface area contributed by atoms with Gasteiger partial charge in [-0.15, -0.1) is 24.0 Å². The van der Waals surface area contributed by atoms with E-state index in [9.17, 15) is 13.2 Å². The van der Waals surface area contributed by atoms with Crippen LogP contribution in [0.25, 0.3) is 0 Å². The first-order valence-electron chi connectivity index (χ1n) is 8.07. The lowest BCUT2D eigenvalue weighted by Crippen LogP contribution is -2.45. The largest absolute Gasteiger partial charge is 0.416 e. The van der Waals surface area contributed by atoms with Crippen LogP contribution in [0.15, 0.2) is 29.3 Å². The van der Waals surface area contributed by atoms with Gasteiger partial charge in [0.05, 0.1) is 17.7 Å².